The second kappa shape index (κ2) is 12.4. The van der Waals surface area contributed by atoms with Crippen LogP contribution in [0.25, 0.3) is 0 Å². The van der Waals surface area contributed by atoms with Gasteiger partial charge in [-0.1, -0.05) is 40.5 Å². The summed E-state index contributed by atoms with van der Waals surface area (Å²) >= 11 is 0. The smallest absolute Gasteiger partial charge is 0.362 e. The third-order valence-electron chi connectivity index (χ3n) is 4.51. The van der Waals surface area contributed by atoms with E-state index in [1.165, 1.54) is 6.42 Å². The zero-order chi connectivity index (χ0) is 17.7. The summed E-state index contributed by atoms with van der Waals surface area (Å²) in [5.41, 5.74) is 0. The monoisotopic (exact) mass is 328 g/mol. The SMILES string of the molecule is CCCCC/C=C(/O)C[N+](CCC)(CCC)C(CCC)C(=O)O. The van der Waals surface area contributed by atoms with Gasteiger partial charge < -0.3 is 14.7 Å². The first-order chi connectivity index (χ1) is 11.0. The molecule has 0 saturated carbocycles. The highest BCUT2D eigenvalue weighted by atomic mass is 16.4. The molecular weight excluding hydrogens is 290 g/mol. The van der Waals surface area contributed by atoms with Crippen LogP contribution < -0.4 is 0 Å². The summed E-state index contributed by atoms with van der Waals surface area (Å²) in [4.78, 5) is 11.8. The van der Waals surface area contributed by atoms with E-state index < -0.39 is 12.0 Å². The summed E-state index contributed by atoms with van der Waals surface area (Å²) in [6.07, 6.45) is 9.57. The predicted molar refractivity (Wildman–Crippen MR) is 96.6 cm³/mol. The number of allylic oxidation sites excluding steroid dienone is 1. The molecule has 0 rings (SSSR count). The highest BCUT2D eigenvalue weighted by Gasteiger charge is 2.40. The fourth-order valence-corrected chi connectivity index (χ4v) is 3.54. The van der Waals surface area contributed by atoms with Crippen LogP contribution in [-0.2, 0) is 4.79 Å². The molecule has 4 heteroatoms. The van der Waals surface area contributed by atoms with E-state index in [0.29, 0.717) is 23.2 Å². The summed E-state index contributed by atoms with van der Waals surface area (Å²) in [7, 11) is 0. The molecule has 0 aliphatic carbocycles. The lowest BCUT2D eigenvalue weighted by Gasteiger charge is -2.42. The summed E-state index contributed by atoms with van der Waals surface area (Å²) in [5.74, 6) is -0.363. The lowest BCUT2D eigenvalue weighted by Crippen LogP contribution is -2.60. The van der Waals surface area contributed by atoms with Gasteiger partial charge in [0.1, 0.15) is 12.3 Å². The van der Waals surface area contributed by atoms with E-state index in [-0.39, 0.29) is 0 Å². The van der Waals surface area contributed by atoms with Crippen molar-refractivity contribution >= 4 is 5.97 Å². The van der Waals surface area contributed by atoms with Crippen LogP contribution in [0.2, 0.25) is 0 Å². The van der Waals surface area contributed by atoms with Crippen molar-refractivity contribution in [3.8, 4) is 0 Å². The minimum Gasteiger partial charge on any atom is -0.507 e. The van der Waals surface area contributed by atoms with E-state index in [2.05, 4.69) is 20.8 Å². The number of hydrogen-bond donors (Lipinski definition) is 2. The average Bonchev–Trinajstić information content (AvgIpc) is 2.49. The van der Waals surface area contributed by atoms with Crippen molar-refractivity contribution in [2.45, 2.75) is 85.1 Å². The fraction of sp³-hybridized carbons (Fsp3) is 0.842. The third-order valence-corrected chi connectivity index (χ3v) is 4.51. The van der Waals surface area contributed by atoms with Crippen molar-refractivity contribution in [2.24, 2.45) is 0 Å². The maximum atomic E-state index is 11.8. The van der Waals surface area contributed by atoms with Crippen molar-refractivity contribution in [1.82, 2.24) is 0 Å². The number of aliphatic hydroxyl groups is 1. The van der Waals surface area contributed by atoms with Gasteiger partial charge in [-0.15, -0.1) is 0 Å². The highest BCUT2D eigenvalue weighted by molar-refractivity contribution is 5.72. The zero-order valence-corrected chi connectivity index (χ0v) is 15.7. The molecule has 2 N–H and O–H groups in total. The van der Waals surface area contributed by atoms with Crippen LogP contribution in [0.15, 0.2) is 11.8 Å². The minimum atomic E-state index is -0.729. The Bertz CT molecular complexity index is 347. The first-order valence-electron chi connectivity index (χ1n) is 9.43. The van der Waals surface area contributed by atoms with Gasteiger partial charge >= 0.3 is 5.97 Å². The number of rotatable bonds is 14. The molecule has 0 fully saturated rings. The predicted octanol–water partition coefficient (Wildman–Crippen LogP) is 4.90. The van der Waals surface area contributed by atoms with Gasteiger partial charge in [-0.05, 0) is 38.2 Å². The Morgan fingerprint density at radius 3 is 2.00 bits per heavy atom. The van der Waals surface area contributed by atoms with Crippen molar-refractivity contribution < 1.29 is 19.5 Å². The molecule has 0 amide bonds. The third kappa shape index (κ3) is 7.87. The number of aliphatic hydroxyl groups excluding tert-OH is 1. The average molecular weight is 329 g/mol. The van der Waals surface area contributed by atoms with Gasteiger partial charge in [0.15, 0.2) is 6.04 Å². The van der Waals surface area contributed by atoms with Gasteiger partial charge in [-0.2, -0.15) is 0 Å². The van der Waals surface area contributed by atoms with Crippen LogP contribution in [-0.4, -0.2) is 46.3 Å². The number of quaternary nitrogens is 1. The Balaban J connectivity index is 5.26. The van der Waals surface area contributed by atoms with Crippen LogP contribution in [0.3, 0.4) is 0 Å². The molecule has 0 saturated heterocycles. The summed E-state index contributed by atoms with van der Waals surface area (Å²) in [6, 6.07) is -0.425. The Kier molecular flexibility index (Phi) is 11.8. The van der Waals surface area contributed by atoms with Gasteiger partial charge in [-0.3, -0.25) is 0 Å². The normalized spacial score (nSPS) is 14.0. The molecule has 136 valence electrons. The zero-order valence-electron chi connectivity index (χ0n) is 15.7. The Morgan fingerprint density at radius 1 is 0.957 bits per heavy atom. The number of carboxylic acids is 1. The molecule has 0 spiro atoms. The van der Waals surface area contributed by atoms with E-state index >= 15 is 0 Å². The van der Waals surface area contributed by atoms with Gasteiger partial charge in [0, 0.05) is 6.42 Å². The fourth-order valence-electron chi connectivity index (χ4n) is 3.54. The second-order valence-corrected chi connectivity index (χ2v) is 6.66. The standard InChI is InChI=1S/C19H37NO3/c1-5-9-10-11-13-17(21)16-20(14-7-3,15-8-4)18(12-6-2)19(22)23/h13,18H,5-12,14-16H2,1-4H3,(H-,21,22,23)/p+1/b17-13+. The number of carboxylic acid groups (broad SMARTS) is 1. The maximum absolute atomic E-state index is 11.8. The van der Waals surface area contributed by atoms with Crippen molar-refractivity contribution in [3.05, 3.63) is 11.8 Å². The molecule has 0 aromatic carbocycles. The van der Waals surface area contributed by atoms with Crippen LogP contribution in [0.4, 0.5) is 0 Å². The molecule has 0 aliphatic rings. The van der Waals surface area contributed by atoms with Crippen molar-refractivity contribution in [3.63, 3.8) is 0 Å². The molecule has 23 heavy (non-hydrogen) atoms. The first-order valence-corrected chi connectivity index (χ1v) is 9.43. The van der Waals surface area contributed by atoms with Gasteiger partial charge in [0.05, 0.1) is 13.1 Å². The van der Waals surface area contributed by atoms with E-state index in [1.54, 1.807) is 0 Å². The number of carbonyl (C=O) groups is 1. The number of unbranched alkanes of at least 4 members (excludes halogenated alkanes) is 3. The van der Waals surface area contributed by atoms with Crippen LogP contribution in [0.5, 0.6) is 0 Å². The molecule has 0 bridgehead atoms. The summed E-state index contributed by atoms with van der Waals surface area (Å²) < 4.78 is 0.478. The first kappa shape index (κ1) is 22.0. The van der Waals surface area contributed by atoms with Gasteiger partial charge in [0.2, 0.25) is 0 Å². The summed E-state index contributed by atoms with van der Waals surface area (Å²) in [6.45, 7) is 10.4. The number of aliphatic carboxylic acids is 1. The van der Waals surface area contributed by atoms with Crippen LogP contribution in [0, 0.1) is 0 Å². The Hall–Kier alpha value is -1.03. The van der Waals surface area contributed by atoms with Crippen LogP contribution >= 0.6 is 0 Å². The second-order valence-electron chi connectivity index (χ2n) is 6.66. The molecular formula is C19H38NO3+. The van der Waals surface area contributed by atoms with Crippen molar-refractivity contribution in [1.29, 1.82) is 0 Å². The maximum Gasteiger partial charge on any atom is 0.362 e. The largest absolute Gasteiger partial charge is 0.507 e. The number of nitrogens with zero attached hydrogens (tertiary/aromatic N) is 1. The molecule has 0 radical (unpaired) electrons. The molecule has 0 heterocycles. The number of hydrogen-bond acceptors (Lipinski definition) is 2. The topological polar surface area (TPSA) is 57.5 Å². The Morgan fingerprint density at radius 2 is 1.57 bits per heavy atom. The minimum absolute atomic E-state index is 0.366. The van der Waals surface area contributed by atoms with E-state index in [0.717, 1.165) is 51.6 Å². The lowest BCUT2D eigenvalue weighted by molar-refractivity contribution is -0.940. The van der Waals surface area contributed by atoms with E-state index in [4.69, 9.17) is 0 Å². The molecule has 1 atom stereocenters. The Labute approximate surface area is 142 Å². The molecule has 0 aliphatic heterocycles. The van der Waals surface area contributed by atoms with Gasteiger partial charge in [-0.25, -0.2) is 4.79 Å². The molecule has 0 aromatic rings. The molecule has 0 aromatic heterocycles. The van der Waals surface area contributed by atoms with Gasteiger partial charge in [0.25, 0.3) is 0 Å². The molecule has 4 nitrogen and oxygen atoms in total. The van der Waals surface area contributed by atoms with E-state index in [9.17, 15) is 15.0 Å². The highest BCUT2D eigenvalue weighted by Crippen LogP contribution is 2.23. The van der Waals surface area contributed by atoms with Crippen molar-refractivity contribution in [2.75, 3.05) is 19.6 Å². The lowest BCUT2D eigenvalue weighted by atomic mass is 10.0. The van der Waals surface area contributed by atoms with Crippen LogP contribution in [0.1, 0.15) is 79.1 Å². The quantitative estimate of drug-likeness (QED) is 0.271. The summed E-state index contributed by atoms with van der Waals surface area (Å²) in [5, 5.41) is 20.1. The van der Waals surface area contributed by atoms with E-state index in [1.807, 2.05) is 13.0 Å². The molecule has 1 unspecified atom stereocenters.